The van der Waals surface area contributed by atoms with Gasteiger partial charge in [-0.15, -0.1) is 0 Å². The summed E-state index contributed by atoms with van der Waals surface area (Å²) in [5, 5.41) is 0. The highest BCUT2D eigenvalue weighted by atomic mass is 16.5. The third-order valence-electron chi connectivity index (χ3n) is 2.90. The van der Waals surface area contributed by atoms with Crippen molar-refractivity contribution in [1.29, 1.82) is 0 Å². The predicted molar refractivity (Wildman–Crippen MR) is 96.3 cm³/mol. The highest BCUT2D eigenvalue weighted by Crippen LogP contribution is 2.06. The molecule has 10 heteroatoms. The van der Waals surface area contributed by atoms with Gasteiger partial charge in [0.1, 0.15) is 6.29 Å². The van der Waals surface area contributed by atoms with Gasteiger partial charge in [0, 0.05) is 20.6 Å². The quantitative estimate of drug-likeness (QED) is 0.224. The summed E-state index contributed by atoms with van der Waals surface area (Å²) in [6.45, 7) is 0.834. The molecule has 0 heterocycles. The van der Waals surface area contributed by atoms with Crippen LogP contribution in [0.1, 0.15) is 19.3 Å². The molecule has 0 aromatic heterocycles. The molecular weight excluding hydrogens is 362 g/mol. The Morgan fingerprint density at radius 1 is 0.815 bits per heavy atom. The Bertz CT molecular complexity index is 367. The van der Waals surface area contributed by atoms with Crippen molar-refractivity contribution in [2.45, 2.75) is 24.8 Å². The number of carbonyl (C=O) groups excluding carboxylic acids is 3. The Labute approximate surface area is 160 Å². The van der Waals surface area contributed by atoms with Crippen molar-refractivity contribution in [1.82, 2.24) is 0 Å². The molecule has 27 heavy (non-hydrogen) atoms. The molecule has 0 aliphatic heterocycles. The first-order chi connectivity index (χ1) is 12.9. The van der Waals surface area contributed by atoms with Crippen molar-refractivity contribution in [3.05, 3.63) is 0 Å². The number of ether oxygens (including phenoxy) is 6. The summed E-state index contributed by atoms with van der Waals surface area (Å²) >= 11 is 0. The molecule has 0 saturated heterocycles. The van der Waals surface area contributed by atoms with Crippen LogP contribution in [0.2, 0.25) is 0 Å². The summed E-state index contributed by atoms with van der Waals surface area (Å²) in [4.78, 5) is 32.3. The third-order valence-corrected chi connectivity index (χ3v) is 2.90. The van der Waals surface area contributed by atoms with Crippen LogP contribution in [0.3, 0.4) is 0 Å². The van der Waals surface area contributed by atoms with Crippen molar-refractivity contribution < 1.29 is 42.8 Å². The van der Waals surface area contributed by atoms with E-state index in [4.69, 9.17) is 19.9 Å². The largest absolute Gasteiger partial charge is 0.469 e. The lowest BCUT2D eigenvalue weighted by Gasteiger charge is -2.28. The fourth-order valence-electron chi connectivity index (χ4n) is 1.60. The summed E-state index contributed by atoms with van der Waals surface area (Å²) in [5.41, 5.74) is 5.22. The van der Waals surface area contributed by atoms with Gasteiger partial charge < -0.3 is 38.9 Å². The fourth-order valence-corrected chi connectivity index (χ4v) is 1.60. The smallest absolute Gasteiger partial charge is 0.307 e. The lowest BCUT2D eigenvalue weighted by atomic mass is 10.1. The highest BCUT2D eigenvalue weighted by Gasteiger charge is 2.27. The third kappa shape index (κ3) is 19.0. The number of nitrogens with two attached hydrogens (primary N) is 1. The number of rotatable bonds is 15. The van der Waals surface area contributed by atoms with Crippen molar-refractivity contribution in [2.24, 2.45) is 5.73 Å². The van der Waals surface area contributed by atoms with Crippen molar-refractivity contribution in [3.8, 4) is 0 Å². The maximum atomic E-state index is 11.0. The van der Waals surface area contributed by atoms with Crippen LogP contribution < -0.4 is 5.73 Å². The molecule has 0 aliphatic carbocycles. The molecule has 160 valence electrons. The number of hydrogen-bond donors (Lipinski definition) is 1. The Morgan fingerprint density at radius 2 is 1.19 bits per heavy atom. The van der Waals surface area contributed by atoms with Crippen molar-refractivity contribution >= 4 is 18.2 Å². The average molecular weight is 395 g/mol. The summed E-state index contributed by atoms with van der Waals surface area (Å²) in [6, 6.07) is 0. The molecule has 2 N–H and O–H groups in total. The molecule has 0 atom stereocenters. The van der Waals surface area contributed by atoms with Crippen LogP contribution in [0, 0.1) is 0 Å². The number of hydrogen-bond acceptors (Lipinski definition) is 10. The van der Waals surface area contributed by atoms with E-state index in [0.29, 0.717) is 0 Å². The molecule has 0 fully saturated rings. The van der Waals surface area contributed by atoms with Gasteiger partial charge in [0.15, 0.2) is 0 Å². The van der Waals surface area contributed by atoms with Crippen molar-refractivity contribution in [3.63, 3.8) is 0 Å². The Hall–Kier alpha value is -1.59. The van der Waals surface area contributed by atoms with E-state index < -0.39 is 5.54 Å². The second-order valence-electron chi connectivity index (χ2n) is 5.54. The van der Waals surface area contributed by atoms with Gasteiger partial charge in [-0.2, -0.15) is 0 Å². The monoisotopic (exact) mass is 395 g/mol. The Balaban J connectivity index is 0. The van der Waals surface area contributed by atoms with Crippen LogP contribution >= 0.6 is 0 Å². The second kappa shape index (κ2) is 19.2. The first-order valence-electron chi connectivity index (χ1n) is 8.38. The van der Waals surface area contributed by atoms with Gasteiger partial charge in [0.2, 0.25) is 0 Å². The van der Waals surface area contributed by atoms with Crippen LogP contribution in [0.5, 0.6) is 0 Å². The molecule has 0 spiro atoms. The van der Waals surface area contributed by atoms with E-state index in [2.05, 4.69) is 14.2 Å². The first kappa shape index (κ1) is 27.6. The standard InChI is InChI=1S/C15H27NO8.C2H6O/c1-20-13(18)4-8-23-11-15(16,10-22-7-3-6-17)12-24-9-5-14(19)21-2;1-3-2/h6H,3-5,7-12,16H2,1-2H3;1-2H3. The minimum Gasteiger partial charge on any atom is -0.469 e. The van der Waals surface area contributed by atoms with Crippen LogP contribution in [0.15, 0.2) is 0 Å². The van der Waals surface area contributed by atoms with E-state index in [9.17, 15) is 14.4 Å². The van der Waals surface area contributed by atoms with E-state index in [1.54, 1.807) is 14.2 Å². The van der Waals surface area contributed by atoms with E-state index in [-0.39, 0.29) is 70.8 Å². The summed E-state index contributed by atoms with van der Waals surface area (Å²) in [6.07, 6.45) is 1.24. The summed E-state index contributed by atoms with van der Waals surface area (Å²) < 4.78 is 29.4. The zero-order valence-electron chi connectivity index (χ0n) is 16.7. The van der Waals surface area contributed by atoms with E-state index in [1.165, 1.54) is 14.2 Å². The van der Waals surface area contributed by atoms with Gasteiger partial charge in [-0.25, -0.2) is 0 Å². The van der Waals surface area contributed by atoms with Gasteiger partial charge in [-0.05, 0) is 0 Å². The summed E-state index contributed by atoms with van der Waals surface area (Å²) in [7, 11) is 5.84. The fraction of sp³-hybridized carbons (Fsp3) is 0.824. The highest BCUT2D eigenvalue weighted by molar-refractivity contribution is 5.69. The average Bonchev–Trinajstić information content (AvgIpc) is 2.66. The van der Waals surface area contributed by atoms with Gasteiger partial charge >= 0.3 is 11.9 Å². The molecule has 0 unspecified atom stereocenters. The lowest BCUT2D eigenvalue weighted by molar-refractivity contribution is -0.142. The van der Waals surface area contributed by atoms with E-state index in [1.807, 2.05) is 0 Å². The first-order valence-corrected chi connectivity index (χ1v) is 8.38. The SMILES string of the molecule is COC.COC(=O)CCOCC(N)(COCCC=O)COCCC(=O)OC. The predicted octanol–water partition coefficient (Wildman–Crippen LogP) is -0.288. The molecule has 0 rings (SSSR count). The topological polar surface area (TPSA) is 133 Å². The van der Waals surface area contributed by atoms with E-state index in [0.717, 1.165) is 6.29 Å². The molecule has 0 amide bonds. The number of esters is 2. The lowest BCUT2D eigenvalue weighted by Crippen LogP contribution is -2.53. The maximum Gasteiger partial charge on any atom is 0.307 e. The Morgan fingerprint density at radius 3 is 1.52 bits per heavy atom. The minimum absolute atomic E-state index is 0.0866. The zero-order chi connectivity index (χ0) is 21.0. The Kier molecular flexibility index (Phi) is 19.6. The number of aldehydes is 1. The molecule has 0 aromatic carbocycles. The maximum absolute atomic E-state index is 11.0. The molecule has 10 nitrogen and oxygen atoms in total. The molecule has 0 bridgehead atoms. The van der Waals surface area contributed by atoms with Gasteiger partial charge in [-0.1, -0.05) is 0 Å². The van der Waals surface area contributed by atoms with Gasteiger partial charge in [0.25, 0.3) is 0 Å². The molecule has 0 saturated carbocycles. The zero-order valence-corrected chi connectivity index (χ0v) is 16.7. The molecule has 0 radical (unpaired) electrons. The minimum atomic E-state index is -0.963. The summed E-state index contributed by atoms with van der Waals surface area (Å²) in [5.74, 6) is -0.761. The van der Waals surface area contributed by atoms with Crippen LogP contribution in [0.4, 0.5) is 0 Å². The second-order valence-corrected chi connectivity index (χ2v) is 5.54. The number of methoxy groups -OCH3 is 3. The molecular formula is C17H33NO9. The van der Waals surface area contributed by atoms with Crippen LogP contribution in [-0.4, -0.2) is 91.8 Å². The van der Waals surface area contributed by atoms with Gasteiger partial charge in [0.05, 0.1) is 72.2 Å². The molecule has 0 aromatic rings. The van der Waals surface area contributed by atoms with Crippen LogP contribution in [-0.2, 0) is 42.8 Å². The number of carbonyl (C=O) groups is 3. The van der Waals surface area contributed by atoms with Crippen LogP contribution in [0.25, 0.3) is 0 Å². The molecule has 0 aliphatic rings. The van der Waals surface area contributed by atoms with Crippen molar-refractivity contribution in [2.75, 3.05) is 68.1 Å². The normalized spacial score (nSPS) is 10.6. The van der Waals surface area contributed by atoms with E-state index >= 15 is 0 Å². The van der Waals surface area contributed by atoms with Gasteiger partial charge in [-0.3, -0.25) is 9.59 Å².